The zero-order valence-corrected chi connectivity index (χ0v) is 14.3. The molecule has 1 aromatic carbocycles. The standard InChI is InChI=1S/C19H28N4O/c24-19(22-8-6-20-7-9-22)12-21-18-14-23-13-16(18)11-17(23)10-15-4-2-1-3-5-15/h1-5,16-18,20-21H,6-14H2. The van der Waals surface area contributed by atoms with Crippen molar-refractivity contribution in [2.45, 2.75) is 24.9 Å². The van der Waals surface area contributed by atoms with Crippen LogP contribution < -0.4 is 10.6 Å². The quantitative estimate of drug-likeness (QED) is 0.817. The molecule has 3 heterocycles. The van der Waals surface area contributed by atoms with E-state index in [0.29, 0.717) is 24.5 Å². The molecule has 5 heteroatoms. The number of fused-ring (bicyclic) bond motifs is 2. The van der Waals surface area contributed by atoms with E-state index in [1.165, 1.54) is 18.5 Å². The van der Waals surface area contributed by atoms with Crippen LogP contribution in [0.4, 0.5) is 0 Å². The van der Waals surface area contributed by atoms with Gasteiger partial charge in [-0.3, -0.25) is 9.69 Å². The Balaban J connectivity index is 1.24. The highest BCUT2D eigenvalue weighted by Crippen LogP contribution is 2.34. The van der Waals surface area contributed by atoms with Gasteiger partial charge in [0.1, 0.15) is 0 Å². The van der Waals surface area contributed by atoms with E-state index < -0.39 is 0 Å². The van der Waals surface area contributed by atoms with Gasteiger partial charge >= 0.3 is 0 Å². The van der Waals surface area contributed by atoms with Crippen molar-refractivity contribution in [2.24, 2.45) is 5.92 Å². The van der Waals surface area contributed by atoms with E-state index >= 15 is 0 Å². The van der Waals surface area contributed by atoms with Gasteiger partial charge in [0, 0.05) is 51.4 Å². The van der Waals surface area contributed by atoms with Crippen molar-refractivity contribution in [1.29, 1.82) is 0 Å². The van der Waals surface area contributed by atoms with Crippen LogP contribution in [0.5, 0.6) is 0 Å². The summed E-state index contributed by atoms with van der Waals surface area (Å²) in [4.78, 5) is 16.9. The van der Waals surface area contributed by atoms with Gasteiger partial charge in [0.2, 0.25) is 5.91 Å². The third-order valence-corrected chi connectivity index (χ3v) is 5.86. The highest BCUT2D eigenvalue weighted by atomic mass is 16.2. The number of rotatable bonds is 5. The first-order chi connectivity index (χ1) is 11.8. The molecule has 3 saturated heterocycles. The molecule has 4 unspecified atom stereocenters. The lowest BCUT2D eigenvalue weighted by Gasteiger charge is -2.32. The van der Waals surface area contributed by atoms with Gasteiger partial charge in [-0.1, -0.05) is 30.3 Å². The van der Waals surface area contributed by atoms with E-state index in [1.807, 2.05) is 4.90 Å². The lowest BCUT2D eigenvalue weighted by Crippen LogP contribution is -2.51. The lowest BCUT2D eigenvalue weighted by atomic mass is 9.92. The molecule has 3 aliphatic rings. The van der Waals surface area contributed by atoms with Crippen LogP contribution in [-0.2, 0) is 11.2 Å². The van der Waals surface area contributed by atoms with Gasteiger partial charge in [0.25, 0.3) is 0 Å². The van der Waals surface area contributed by atoms with E-state index in [0.717, 1.165) is 39.1 Å². The molecule has 0 spiro atoms. The van der Waals surface area contributed by atoms with Crippen LogP contribution >= 0.6 is 0 Å². The van der Waals surface area contributed by atoms with Crippen LogP contribution in [0, 0.1) is 5.92 Å². The van der Waals surface area contributed by atoms with Crippen LogP contribution in [-0.4, -0.2) is 73.6 Å². The highest BCUT2D eigenvalue weighted by Gasteiger charge is 2.43. The number of carbonyl (C=O) groups is 1. The summed E-state index contributed by atoms with van der Waals surface area (Å²) >= 11 is 0. The Bertz CT molecular complexity index is 558. The predicted octanol–water partition coefficient (Wildman–Crippen LogP) is 0.323. The Morgan fingerprint density at radius 3 is 2.67 bits per heavy atom. The van der Waals surface area contributed by atoms with Gasteiger partial charge in [0.15, 0.2) is 0 Å². The molecule has 130 valence electrons. The van der Waals surface area contributed by atoms with Crippen molar-refractivity contribution in [3.05, 3.63) is 35.9 Å². The molecule has 1 amide bonds. The summed E-state index contributed by atoms with van der Waals surface area (Å²) in [6.45, 7) is 6.32. The molecule has 4 atom stereocenters. The molecule has 2 bridgehead atoms. The Labute approximate surface area is 144 Å². The summed E-state index contributed by atoms with van der Waals surface area (Å²) in [5, 5.41) is 6.83. The normalized spacial score (nSPS) is 32.2. The van der Waals surface area contributed by atoms with Gasteiger partial charge < -0.3 is 15.5 Å². The lowest BCUT2D eigenvalue weighted by molar-refractivity contribution is -0.131. The molecule has 24 heavy (non-hydrogen) atoms. The fourth-order valence-electron chi connectivity index (χ4n) is 4.51. The maximum atomic E-state index is 12.3. The molecule has 5 nitrogen and oxygen atoms in total. The van der Waals surface area contributed by atoms with Crippen molar-refractivity contribution < 1.29 is 4.79 Å². The van der Waals surface area contributed by atoms with Crippen LogP contribution in [0.1, 0.15) is 12.0 Å². The van der Waals surface area contributed by atoms with Gasteiger partial charge in [0.05, 0.1) is 6.54 Å². The molecular formula is C19H28N4O. The number of piperidine rings is 1. The molecule has 3 fully saturated rings. The van der Waals surface area contributed by atoms with Crippen LogP contribution in [0.25, 0.3) is 0 Å². The number of benzene rings is 1. The SMILES string of the molecule is O=C(CNC1CN2CC1CC2Cc1ccccc1)N1CCNCC1. The average Bonchev–Trinajstić information content (AvgIpc) is 3.21. The molecule has 0 radical (unpaired) electrons. The van der Waals surface area contributed by atoms with Gasteiger partial charge in [-0.05, 0) is 24.3 Å². The van der Waals surface area contributed by atoms with E-state index in [4.69, 9.17) is 0 Å². The molecule has 3 aliphatic heterocycles. The van der Waals surface area contributed by atoms with Crippen LogP contribution in [0.2, 0.25) is 0 Å². The fourth-order valence-corrected chi connectivity index (χ4v) is 4.51. The third-order valence-electron chi connectivity index (χ3n) is 5.86. The zero-order chi connectivity index (χ0) is 16.4. The zero-order valence-electron chi connectivity index (χ0n) is 14.3. The Morgan fingerprint density at radius 2 is 1.96 bits per heavy atom. The van der Waals surface area contributed by atoms with Gasteiger partial charge in [-0.2, -0.15) is 0 Å². The van der Waals surface area contributed by atoms with E-state index in [-0.39, 0.29) is 5.91 Å². The smallest absolute Gasteiger partial charge is 0.236 e. The Morgan fingerprint density at radius 1 is 1.17 bits per heavy atom. The van der Waals surface area contributed by atoms with Crippen molar-refractivity contribution in [1.82, 2.24) is 20.4 Å². The number of nitrogens with one attached hydrogen (secondary N) is 2. The number of nitrogens with zero attached hydrogens (tertiary/aromatic N) is 2. The molecule has 1 aromatic rings. The number of amides is 1. The summed E-state index contributed by atoms with van der Waals surface area (Å²) in [6, 6.07) is 12.0. The van der Waals surface area contributed by atoms with Crippen molar-refractivity contribution in [3.63, 3.8) is 0 Å². The second-order valence-corrected chi connectivity index (χ2v) is 7.41. The predicted molar refractivity (Wildman–Crippen MR) is 94.9 cm³/mol. The summed E-state index contributed by atoms with van der Waals surface area (Å²) in [7, 11) is 0. The minimum absolute atomic E-state index is 0.259. The second-order valence-electron chi connectivity index (χ2n) is 7.41. The van der Waals surface area contributed by atoms with Crippen LogP contribution in [0.3, 0.4) is 0 Å². The van der Waals surface area contributed by atoms with Crippen molar-refractivity contribution >= 4 is 5.91 Å². The van der Waals surface area contributed by atoms with Crippen molar-refractivity contribution in [2.75, 3.05) is 45.8 Å². The Kier molecular flexibility index (Phi) is 4.83. The largest absolute Gasteiger partial charge is 0.339 e. The van der Waals surface area contributed by atoms with E-state index in [1.54, 1.807) is 0 Å². The minimum atomic E-state index is 0.259. The Hall–Kier alpha value is -1.43. The molecule has 0 aromatic heterocycles. The summed E-state index contributed by atoms with van der Waals surface area (Å²) in [6.07, 6.45) is 2.41. The monoisotopic (exact) mass is 328 g/mol. The first-order valence-corrected chi connectivity index (χ1v) is 9.29. The third kappa shape index (κ3) is 3.48. The fraction of sp³-hybridized carbons (Fsp3) is 0.632. The van der Waals surface area contributed by atoms with Gasteiger partial charge in [-0.15, -0.1) is 0 Å². The number of carbonyl (C=O) groups excluding carboxylic acids is 1. The molecular weight excluding hydrogens is 300 g/mol. The average molecular weight is 328 g/mol. The van der Waals surface area contributed by atoms with Gasteiger partial charge in [-0.25, -0.2) is 0 Å². The number of hydrogen-bond acceptors (Lipinski definition) is 4. The topological polar surface area (TPSA) is 47.6 Å². The first kappa shape index (κ1) is 16.1. The summed E-state index contributed by atoms with van der Waals surface area (Å²) in [5.41, 5.74) is 1.44. The van der Waals surface area contributed by atoms with Crippen LogP contribution in [0.15, 0.2) is 30.3 Å². The minimum Gasteiger partial charge on any atom is -0.339 e. The number of hydrogen-bond donors (Lipinski definition) is 2. The molecule has 2 N–H and O–H groups in total. The first-order valence-electron chi connectivity index (χ1n) is 9.29. The van der Waals surface area contributed by atoms with E-state index in [2.05, 4.69) is 45.9 Å². The number of piperazine rings is 1. The summed E-state index contributed by atoms with van der Waals surface area (Å²) < 4.78 is 0. The molecule has 0 aliphatic carbocycles. The molecule has 0 saturated carbocycles. The highest BCUT2D eigenvalue weighted by molar-refractivity contribution is 5.78. The second kappa shape index (κ2) is 7.21. The van der Waals surface area contributed by atoms with Crippen molar-refractivity contribution in [3.8, 4) is 0 Å². The summed E-state index contributed by atoms with van der Waals surface area (Å²) in [5.74, 6) is 0.963. The maximum absolute atomic E-state index is 12.3. The van der Waals surface area contributed by atoms with E-state index in [9.17, 15) is 4.79 Å². The molecule has 4 rings (SSSR count). The maximum Gasteiger partial charge on any atom is 0.236 e.